The van der Waals surface area contributed by atoms with Crippen LogP contribution in [0.15, 0.2) is 22.7 Å². The van der Waals surface area contributed by atoms with Crippen LogP contribution in [0.2, 0.25) is 4.34 Å². The van der Waals surface area contributed by atoms with Crippen LogP contribution < -0.4 is 5.32 Å². The lowest BCUT2D eigenvalue weighted by Gasteiger charge is -2.13. The Labute approximate surface area is 119 Å². The summed E-state index contributed by atoms with van der Waals surface area (Å²) in [7, 11) is 1.59. The first-order valence-electron chi connectivity index (χ1n) is 5.59. The third kappa shape index (κ3) is 3.56. The number of methoxy groups -OCH3 is 1. The number of halogens is 1. The molecule has 19 heavy (non-hydrogen) atoms. The van der Waals surface area contributed by atoms with Gasteiger partial charge in [-0.2, -0.15) is 0 Å². The number of aryl methyl sites for hydroxylation is 1. The van der Waals surface area contributed by atoms with Gasteiger partial charge in [0, 0.05) is 24.6 Å². The van der Waals surface area contributed by atoms with Crippen LogP contribution in [-0.2, 0) is 4.74 Å². The molecule has 1 amide bonds. The van der Waals surface area contributed by atoms with Gasteiger partial charge in [0.1, 0.15) is 11.9 Å². The molecule has 7 heteroatoms. The normalized spacial score (nSPS) is 12.4. The second-order valence-electron chi connectivity index (χ2n) is 3.90. The molecule has 1 N–H and O–H groups in total. The molecule has 2 rings (SSSR count). The van der Waals surface area contributed by atoms with Gasteiger partial charge in [0.05, 0.1) is 4.34 Å². The van der Waals surface area contributed by atoms with E-state index in [2.05, 4.69) is 10.5 Å². The van der Waals surface area contributed by atoms with Crippen LogP contribution in [0, 0.1) is 6.92 Å². The largest absolute Gasteiger partial charge is 0.374 e. The molecule has 0 saturated heterocycles. The minimum absolute atomic E-state index is 0.227. The number of aromatic nitrogens is 1. The van der Waals surface area contributed by atoms with Gasteiger partial charge >= 0.3 is 0 Å². The molecule has 0 radical (unpaired) electrons. The summed E-state index contributed by atoms with van der Waals surface area (Å²) in [5, 5.41) is 6.40. The summed E-state index contributed by atoms with van der Waals surface area (Å²) in [5.41, 5.74) is 0.261. The van der Waals surface area contributed by atoms with E-state index in [0.717, 1.165) is 4.88 Å². The molecule has 2 heterocycles. The van der Waals surface area contributed by atoms with Crippen molar-refractivity contribution in [1.29, 1.82) is 0 Å². The maximum atomic E-state index is 11.8. The standard InChI is InChI=1S/C12H13ClN2O3S/c1-7-5-8(15-18-7)12(16)14-6-9(17-2)10-3-4-11(13)19-10/h3-5,9H,6H2,1-2H3,(H,14,16). The first kappa shape index (κ1) is 14.0. The van der Waals surface area contributed by atoms with Gasteiger partial charge in [-0.15, -0.1) is 11.3 Å². The van der Waals surface area contributed by atoms with Crippen molar-refractivity contribution >= 4 is 28.8 Å². The Balaban J connectivity index is 1.95. The molecule has 102 valence electrons. The molecule has 0 bridgehead atoms. The van der Waals surface area contributed by atoms with Crippen LogP contribution in [0.5, 0.6) is 0 Å². The highest BCUT2D eigenvalue weighted by Gasteiger charge is 2.16. The fraction of sp³-hybridized carbons (Fsp3) is 0.333. The Morgan fingerprint density at radius 2 is 2.42 bits per heavy atom. The van der Waals surface area contributed by atoms with Crippen molar-refractivity contribution in [3.8, 4) is 0 Å². The quantitative estimate of drug-likeness (QED) is 0.922. The first-order valence-corrected chi connectivity index (χ1v) is 6.79. The number of ether oxygens (including phenoxy) is 1. The Hall–Kier alpha value is -1.37. The summed E-state index contributed by atoms with van der Waals surface area (Å²) in [6.45, 7) is 2.08. The maximum Gasteiger partial charge on any atom is 0.273 e. The molecule has 2 aromatic heterocycles. The monoisotopic (exact) mass is 300 g/mol. The van der Waals surface area contributed by atoms with Gasteiger partial charge in [0.15, 0.2) is 5.69 Å². The van der Waals surface area contributed by atoms with E-state index in [9.17, 15) is 4.79 Å². The summed E-state index contributed by atoms with van der Waals surface area (Å²) < 4.78 is 10.9. The van der Waals surface area contributed by atoms with E-state index in [-0.39, 0.29) is 17.7 Å². The zero-order valence-corrected chi connectivity index (χ0v) is 12.0. The summed E-state index contributed by atoms with van der Waals surface area (Å²) in [5.74, 6) is 0.306. The predicted molar refractivity (Wildman–Crippen MR) is 72.7 cm³/mol. The third-order valence-electron chi connectivity index (χ3n) is 2.50. The minimum atomic E-state index is -0.290. The lowest BCUT2D eigenvalue weighted by Crippen LogP contribution is -2.29. The van der Waals surface area contributed by atoms with Gasteiger partial charge in [-0.25, -0.2) is 0 Å². The van der Waals surface area contributed by atoms with Gasteiger partial charge in [-0.3, -0.25) is 4.79 Å². The smallest absolute Gasteiger partial charge is 0.273 e. The molecule has 0 aliphatic rings. The molecular weight excluding hydrogens is 288 g/mol. The molecule has 1 unspecified atom stereocenters. The Morgan fingerprint density at radius 1 is 1.63 bits per heavy atom. The van der Waals surface area contributed by atoms with Crippen LogP contribution in [-0.4, -0.2) is 24.7 Å². The summed E-state index contributed by atoms with van der Waals surface area (Å²) in [6.07, 6.45) is -0.227. The molecule has 0 saturated carbocycles. The number of carbonyl (C=O) groups is 1. The molecule has 0 aromatic carbocycles. The molecule has 0 spiro atoms. The van der Waals surface area contributed by atoms with E-state index >= 15 is 0 Å². The van der Waals surface area contributed by atoms with Crippen LogP contribution in [0.25, 0.3) is 0 Å². The molecule has 5 nitrogen and oxygen atoms in total. The number of thiophene rings is 1. The fourth-order valence-corrected chi connectivity index (χ4v) is 2.69. The van der Waals surface area contributed by atoms with Gasteiger partial charge in [-0.05, 0) is 19.1 Å². The Morgan fingerprint density at radius 3 is 2.95 bits per heavy atom. The van der Waals surface area contributed by atoms with Gasteiger partial charge in [0.2, 0.25) is 0 Å². The van der Waals surface area contributed by atoms with Gasteiger partial charge in [-0.1, -0.05) is 16.8 Å². The second kappa shape index (κ2) is 6.18. The lowest BCUT2D eigenvalue weighted by atomic mass is 10.2. The Kier molecular flexibility index (Phi) is 4.57. The van der Waals surface area contributed by atoms with Crippen molar-refractivity contribution in [2.75, 3.05) is 13.7 Å². The van der Waals surface area contributed by atoms with E-state index in [0.29, 0.717) is 16.6 Å². The average molecular weight is 301 g/mol. The van der Waals surface area contributed by atoms with Crippen molar-refractivity contribution in [2.45, 2.75) is 13.0 Å². The van der Waals surface area contributed by atoms with Crippen molar-refractivity contribution in [3.63, 3.8) is 0 Å². The van der Waals surface area contributed by atoms with E-state index < -0.39 is 0 Å². The average Bonchev–Trinajstić information content (AvgIpc) is 2.99. The lowest BCUT2D eigenvalue weighted by molar-refractivity contribution is 0.0830. The van der Waals surface area contributed by atoms with Gasteiger partial charge < -0.3 is 14.6 Å². The zero-order valence-electron chi connectivity index (χ0n) is 10.5. The van der Waals surface area contributed by atoms with E-state index in [1.807, 2.05) is 6.07 Å². The highest BCUT2D eigenvalue weighted by molar-refractivity contribution is 7.16. The highest BCUT2D eigenvalue weighted by atomic mass is 35.5. The molecule has 1 atom stereocenters. The molecule has 0 fully saturated rings. The number of hydrogen-bond donors (Lipinski definition) is 1. The Bertz CT molecular complexity index is 567. The number of nitrogens with zero attached hydrogens (tertiary/aromatic N) is 1. The zero-order chi connectivity index (χ0) is 13.8. The number of amides is 1. The summed E-state index contributed by atoms with van der Waals surface area (Å²) >= 11 is 7.30. The SMILES string of the molecule is COC(CNC(=O)c1cc(C)on1)c1ccc(Cl)s1. The molecule has 2 aromatic rings. The van der Waals surface area contributed by atoms with E-state index in [4.69, 9.17) is 20.9 Å². The number of nitrogens with one attached hydrogen (secondary N) is 1. The number of hydrogen-bond acceptors (Lipinski definition) is 5. The predicted octanol–water partition coefficient (Wildman–Crippen LogP) is 2.82. The van der Waals surface area contributed by atoms with Crippen LogP contribution >= 0.6 is 22.9 Å². The number of rotatable bonds is 5. The van der Waals surface area contributed by atoms with Crippen LogP contribution in [0.3, 0.4) is 0 Å². The van der Waals surface area contributed by atoms with Crippen LogP contribution in [0.1, 0.15) is 27.2 Å². The summed E-state index contributed by atoms with van der Waals surface area (Å²) in [6, 6.07) is 5.27. The molecule has 0 aliphatic carbocycles. The second-order valence-corrected chi connectivity index (χ2v) is 5.65. The van der Waals surface area contributed by atoms with Crippen molar-refractivity contribution in [2.24, 2.45) is 0 Å². The maximum absolute atomic E-state index is 11.8. The molecule has 0 aliphatic heterocycles. The third-order valence-corrected chi connectivity index (χ3v) is 3.83. The van der Waals surface area contributed by atoms with E-state index in [1.165, 1.54) is 11.3 Å². The first-order chi connectivity index (χ1) is 9.10. The minimum Gasteiger partial charge on any atom is -0.374 e. The fourth-order valence-electron chi connectivity index (χ4n) is 1.55. The topological polar surface area (TPSA) is 64.4 Å². The number of carbonyl (C=O) groups excluding carboxylic acids is 1. The molecular formula is C12H13ClN2O3S. The van der Waals surface area contributed by atoms with Crippen molar-refractivity contribution < 1.29 is 14.1 Å². The van der Waals surface area contributed by atoms with Crippen molar-refractivity contribution in [3.05, 3.63) is 38.9 Å². The van der Waals surface area contributed by atoms with Crippen LogP contribution in [0.4, 0.5) is 0 Å². The highest BCUT2D eigenvalue weighted by Crippen LogP contribution is 2.28. The van der Waals surface area contributed by atoms with Gasteiger partial charge in [0.25, 0.3) is 5.91 Å². The van der Waals surface area contributed by atoms with E-state index in [1.54, 1.807) is 26.2 Å². The van der Waals surface area contributed by atoms with Crippen molar-refractivity contribution in [1.82, 2.24) is 10.5 Å². The summed E-state index contributed by atoms with van der Waals surface area (Å²) in [4.78, 5) is 12.8.